The zero-order chi connectivity index (χ0) is 11.8. The number of hydrogen-bond acceptors (Lipinski definition) is 3. The van der Waals surface area contributed by atoms with Gasteiger partial charge in [0.15, 0.2) is 0 Å². The van der Waals surface area contributed by atoms with Gasteiger partial charge >= 0.3 is 6.09 Å². The van der Waals surface area contributed by atoms with Gasteiger partial charge in [0, 0.05) is 6.54 Å². The molecule has 0 aliphatic carbocycles. The number of para-hydroxylation sites is 1. The highest BCUT2D eigenvalue weighted by Gasteiger charge is 2.02. The van der Waals surface area contributed by atoms with E-state index in [2.05, 4.69) is 5.32 Å². The molecule has 0 bridgehead atoms. The number of ether oxygens (including phenoxy) is 1. The average Bonchev–Trinajstić information content (AvgIpc) is 2.25. The summed E-state index contributed by atoms with van der Waals surface area (Å²) in [5.41, 5.74) is 5.32. The van der Waals surface area contributed by atoms with E-state index in [-0.39, 0.29) is 0 Å². The molecule has 0 atom stereocenters. The van der Waals surface area contributed by atoms with E-state index in [1.807, 2.05) is 6.07 Å². The van der Waals surface area contributed by atoms with Gasteiger partial charge in [-0.3, -0.25) is 0 Å². The Kier molecular flexibility index (Phi) is 5.28. The minimum absolute atomic E-state index is 0.457. The molecule has 0 aromatic heterocycles. The van der Waals surface area contributed by atoms with Crippen molar-refractivity contribution in [1.82, 2.24) is 5.32 Å². The summed E-state index contributed by atoms with van der Waals surface area (Å²) in [7, 11) is 0. The molecule has 0 radical (unpaired) electrons. The lowest BCUT2D eigenvalue weighted by Crippen LogP contribution is -2.28. The lowest BCUT2D eigenvalue weighted by Gasteiger charge is -2.05. The van der Waals surface area contributed by atoms with Crippen LogP contribution in [-0.2, 0) is 0 Å². The summed E-state index contributed by atoms with van der Waals surface area (Å²) >= 11 is 4.71. The average molecular weight is 238 g/mol. The molecule has 1 aromatic rings. The van der Waals surface area contributed by atoms with Crippen molar-refractivity contribution in [2.24, 2.45) is 5.73 Å². The van der Waals surface area contributed by atoms with Crippen molar-refractivity contribution >= 4 is 23.3 Å². The van der Waals surface area contributed by atoms with E-state index in [0.717, 1.165) is 6.42 Å². The van der Waals surface area contributed by atoms with Crippen LogP contribution in [0.15, 0.2) is 30.3 Å². The second kappa shape index (κ2) is 6.79. The van der Waals surface area contributed by atoms with Gasteiger partial charge in [0.05, 0.1) is 4.99 Å². The van der Waals surface area contributed by atoms with Crippen LogP contribution in [0.25, 0.3) is 0 Å². The van der Waals surface area contributed by atoms with Gasteiger partial charge in [-0.25, -0.2) is 4.79 Å². The molecule has 3 N–H and O–H groups in total. The van der Waals surface area contributed by atoms with Gasteiger partial charge in [-0.2, -0.15) is 0 Å². The molecular formula is C11H14N2O2S. The maximum absolute atomic E-state index is 11.3. The first kappa shape index (κ1) is 12.4. The van der Waals surface area contributed by atoms with Gasteiger partial charge < -0.3 is 15.8 Å². The normalized spacial score (nSPS) is 9.50. The van der Waals surface area contributed by atoms with Crippen molar-refractivity contribution in [2.75, 3.05) is 6.54 Å². The maximum Gasteiger partial charge on any atom is 0.412 e. The largest absolute Gasteiger partial charge is 0.412 e. The first-order valence-corrected chi connectivity index (χ1v) is 5.38. The van der Waals surface area contributed by atoms with Crippen molar-refractivity contribution in [3.63, 3.8) is 0 Å². The molecule has 4 nitrogen and oxygen atoms in total. The number of thiocarbonyl (C=S) groups is 1. The first-order valence-electron chi connectivity index (χ1n) is 4.97. The highest BCUT2D eigenvalue weighted by molar-refractivity contribution is 7.80. The van der Waals surface area contributed by atoms with Crippen LogP contribution >= 0.6 is 12.2 Å². The Labute approximate surface area is 99.8 Å². The number of carbonyl (C=O) groups excluding carboxylic acids is 1. The molecule has 16 heavy (non-hydrogen) atoms. The summed E-state index contributed by atoms with van der Waals surface area (Å²) in [5.74, 6) is 0.523. The molecule has 0 unspecified atom stereocenters. The topological polar surface area (TPSA) is 64.3 Å². The number of rotatable bonds is 5. The van der Waals surface area contributed by atoms with Crippen LogP contribution in [0.4, 0.5) is 4.79 Å². The van der Waals surface area contributed by atoms with E-state index in [1.165, 1.54) is 0 Å². The molecule has 0 aliphatic heterocycles. The van der Waals surface area contributed by atoms with E-state index < -0.39 is 6.09 Å². The number of benzene rings is 1. The van der Waals surface area contributed by atoms with Gasteiger partial charge in [-0.05, 0) is 25.0 Å². The summed E-state index contributed by atoms with van der Waals surface area (Å²) in [6.07, 6.45) is 0.884. The second-order valence-electron chi connectivity index (χ2n) is 3.20. The Morgan fingerprint density at radius 3 is 2.69 bits per heavy atom. The molecule has 0 saturated heterocycles. The predicted molar refractivity (Wildman–Crippen MR) is 66.5 cm³/mol. The molecular weight excluding hydrogens is 224 g/mol. The predicted octanol–water partition coefficient (Wildman–Crippen LogP) is 1.84. The second-order valence-corrected chi connectivity index (χ2v) is 3.72. The summed E-state index contributed by atoms with van der Waals surface area (Å²) in [5, 5.41) is 2.61. The number of nitrogens with one attached hydrogen (secondary N) is 1. The lowest BCUT2D eigenvalue weighted by molar-refractivity contribution is 0.200. The van der Waals surface area contributed by atoms with E-state index in [4.69, 9.17) is 22.7 Å². The van der Waals surface area contributed by atoms with Crippen molar-refractivity contribution in [3.8, 4) is 5.75 Å². The molecule has 0 heterocycles. The SMILES string of the molecule is NC(=S)CCCNC(=O)Oc1ccccc1. The molecule has 1 rings (SSSR count). The van der Waals surface area contributed by atoms with Gasteiger partial charge in [0.25, 0.3) is 0 Å². The van der Waals surface area contributed by atoms with Crippen LogP contribution in [-0.4, -0.2) is 17.6 Å². The van der Waals surface area contributed by atoms with E-state index in [1.54, 1.807) is 24.3 Å². The zero-order valence-corrected chi connectivity index (χ0v) is 9.63. The standard InChI is InChI=1S/C11H14N2O2S/c12-10(16)7-4-8-13-11(14)15-9-5-2-1-3-6-9/h1-3,5-6H,4,7-8H2,(H2,12,16)(H,13,14). The summed E-state index contributed by atoms with van der Waals surface area (Å²) in [6, 6.07) is 8.89. The van der Waals surface area contributed by atoms with Crippen molar-refractivity contribution in [2.45, 2.75) is 12.8 Å². The highest BCUT2D eigenvalue weighted by atomic mass is 32.1. The van der Waals surface area contributed by atoms with Crippen molar-refractivity contribution in [1.29, 1.82) is 0 Å². The molecule has 5 heteroatoms. The third-order valence-corrected chi connectivity index (χ3v) is 2.03. The fraction of sp³-hybridized carbons (Fsp3) is 0.273. The monoisotopic (exact) mass is 238 g/mol. The van der Waals surface area contributed by atoms with Gasteiger partial charge in [-0.1, -0.05) is 30.4 Å². The summed E-state index contributed by atoms with van der Waals surface area (Å²) < 4.78 is 5.01. The van der Waals surface area contributed by atoms with E-state index >= 15 is 0 Å². The smallest absolute Gasteiger partial charge is 0.410 e. The molecule has 1 aromatic carbocycles. The Balaban J connectivity index is 2.19. The minimum atomic E-state index is -0.464. The summed E-state index contributed by atoms with van der Waals surface area (Å²) in [6.45, 7) is 0.503. The van der Waals surface area contributed by atoms with Crippen LogP contribution in [0.3, 0.4) is 0 Å². The Morgan fingerprint density at radius 1 is 1.38 bits per heavy atom. The van der Waals surface area contributed by atoms with Crippen LogP contribution in [0.5, 0.6) is 5.75 Å². The van der Waals surface area contributed by atoms with Crippen LogP contribution in [0, 0.1) is 0 Å². The fourth-order valence-corrected chi connectivity index (χ4v) is 1.23. The third-order valence-electron chi connectivity index (χ3n) is 1.82. The molecule has 1 amide bonds. The number of hydrogen-bond donors (Lipinski definition) is 2. The molecule has 0 saturated carbocycles. The van der Waals surface area contributed by atoms with Gasteiger partial charge in [0.2, 0.25) is 0 Å². The minimum Gasteiger partial charge on any atom is -0.410 e. The molecule has 0 spiro atoms. The molecule has 0 fully saturated rings. The number of nitrogens with two attached hydrogens (primary N) is 1. The number of amides is 1. The first-order chi connectivity index (χ1) is 7.68. The van der Waals surface area contributed by atoms with Crippen molar-refractivity contribution in [3.05, 3.63) is 30.3 Å². The molecule has 0 aliphatic rings. The highest BCUT2D eigenvalue weighted by Crippen LogP contribution is 2.07. The van der Waals surface area contributed by atoms with Crippen LogP contribution in [0.1, 0.15) is 12.8 Å². The fourth-order valence-electron chi connectivity index (χ4n) is 1.08. The Bertz CT molecular complexity index is 354. The van der Waals surface area contributed by atoms with Gasteiger partial charge in [-0.15, -0.1) is 0 Å². The van der Waals surface area contributed by atoms with Crippen LogP contribution in [0.2, 0.25) is 0 Å². The zero-order valence-electron chi connectivity index (χ0n) is 8.81. The Morgan fingerprint density at radius 2 is 2.06 bits per heavy atom. The number of carbonyl (C=O) groups is 1. The van der Waals surface area contributed by atoms with Gasteiger partial charge in [0.1, 0.15) is 5.75 Å². The lowest BCUT2D eigenvalue weighted by atomic mass is 10.3. The Hall–Kier alpha value is -1.62. The third kappa shape index (κ3) is 5.31. The quantitative estimate of drug-likeness (QED) is 0.607. The maximum atomic E-state index is 11.3. The molecule has 86 valence electrons. The van der Waals surface area contributed by atoms with E-state index in [9.17, 15) is 4.79 Å². The van der Waals surface area contributed by atoms with Crippen molar-refractivity contribution < 1.29 is 9.53 Å². The summed E-state index contributed by atoms with van der Waals surface area (Å²) in [4.78, 5) is 11.7. The van der Waals surface area contributed by atoms with E-state index in [0.29, 0.717) is 23.7 Å². The van der Waals surface area contributed by atoms with Crippen LogP contribution < -0.4 is 15.8 Å².